The van der Waals surface area contributed by atoms with Crippen LogP contribution in [0.4, 0.5) is 0 Å². The monoisotopic (exact) mass is 409 g/mol. The van der Waals surface area contributed by atoms with Gasteiger partial charge in [-0.2, -0.15) is 0 Å². The van der Waals surface area contributed by atoms with Crippen molar-refractivity contribution in [2.24, 2.45) is 5.92 Å². The van der Waals surface area contributed by atoms with Gasteiger partial charge in [0.15, 0.2) is 0 Å². The number of fused-ring (bicyclic) bond motifs is 1. The van der Waals surface area contributed by atoms with Crippen LogP contribution >= 0.6 is 0 Å². The van der Waals surface area contributed by atoms with Crippen LogP contribution < -0.4 is 14.9 Å². The third kappa shape index (κ3) is 4.00. The Balaban J connectivity index is 1.71. The molecule has 1 saturated heterocycles. The average Bonchev–Trinajstić information content (AvgIpc) is 2.74. The topological polar surface area (TPSA) is 72.1 Å². The first-order chi connectivity index (χ1) is 14.5. The van der Waals surface area contributed by atoms with Gasteiger partial charge in [0, 0.05) is 13.1 Å². The van der Waals surface area contributed by atoms with Gasteiger partial charge in [-0.3, -0.25) is 9.69 Å². The van der Waals surface area contributed by atoms with E-state index < -0.39 is 0 Å². The number of methoxy groups -OCH3 is 1. The molecule has 4 rings (SSSR count). The molecule has 158 valence electrons. The maximum absolute atomic E-state index is 13.2. The fraction of sp³-hybridized carbons (Fsp3) is 0.375. The van der Waals surface area contributed by atoms with E-state index in [9.17, 15) is 9.90 Å². The zero-order chi connectivity index (χ0) is 21.3. The van der Waals surface area contributed by atoms with Crippen molar-refractivity contribution >= 4 is 11.0 Å². The molecule has 6 heteroatoms. The van der Waals surface area contributed by atoms with Crippen molar-refractivity contribution in [3.05, 3.63) is 57.9 Å². The van der Waals surface area contributed by atoms with Crippen LogP contribution in [0.1, 0.15) is 31.1 Å². The normalized spacial score (nSPS) is 17.2. The predicted molar refractivity (Wildman–Crippen MR) is 116 cm³/mol. The average molecular weight is 409 g/mol. The van der Waals surface area contributed by atoms with E-state index >= 15 is 0 Å². The van der Waals surface area contributed by atoms with Gasteiger partial charge < -0.3 is 19.0 Å². The molecule has 0 amide bonds. The summed E-state index contributed by atoms with van der Waals surface area (Å²) in [4.78, 5) is 15.5. The van der Waals surface area contributed by atoms with Crippen LogP contribution in [0, 0.1) is 12.8 Å². The highest BCUT2D eigenvalue weighted by atomic mass is 16.5. The first kappa shape index (κ1) is 20.3. The molecule has 0 aliphatic carbocycles. The van der Waals surface area contributed by atoms with Crippen LogP contribution in [0.25, 0.3) is 11.0 Å². The van der Waals surface area contributed by atoms with Crippen LogP contribution in [0.2, 0.25) is 0 Å². The Morgan fingerprint density at radius 2 is 1.90 bits per heavy atom. The smallest absolute Gasteiger partial charge is 0.235 e. The number of phenolic OH excluding ortho intramolecular Hbond substituents is 1. The molecule has 1 aromatic heterocycles. The zero-order valence-corrected chi connectivity index (χ0v) is 17.6. The van der Waals surface area contributed by atoms with Crippen molar-refractivity contribution in [2.75, 3.05) is 20.2 Å². The summed E-state index contributed by atoms with van der Waals surface area (Å²) < 4.78 is 17.0. The Morgan fingerprint density at radius 3 is 2.60 bits per heavy atom. The van der Waals surface area contributed by atoms with E-state index in [1.165, 1.54) is 6.42 Å². The summed E-state index contributed by atoms with van der Waals surface area (Å²) in [5, 5.41) is 10.9. The quantitative estimate of drug-likeness (QED) is 0.650. The summed E-state index contributed by atoms with van der Waals surface area (Å²) in [5.41, 5.74) is 0.827. The SMILES string of the molecule is COc1ccc(Oc2c(C)oc3c(CN4CCC[C@@H](C)C4)c(O)ccc3c2=O)cc1. The lowest BCUT2D eigenvalue weighted by atomic mass is 9.99. The van der Waals surface area contributed by atoms with E-state index in [1.54, 1.807) is 50.4 Å². The summed E-state index contributed by atoms with van der Waals surface area (Å²) >= 11 is 0. The molecule has 1 aliphatic heterocycles. The first-order valence-electron chi connectivity index (χ1n) is 10.3. The van der Waals surface area contributed by atoms with Crippen molar-refractivity contribution in [1.82, 2.24) is 4.90 Å². The fourth-order valence-corrected chi connectivity index (χ4v) is 4.08. The minimum Gasteiger partial charge on any atom is -0.507 e. The molecule has 1 atom stereocenters. The molecule has 6 nitrogen and oxygen atoms in total. The van der Waals surface area contributed by atoms with Gasteiger partial charge >= 0.3 is 0 Å². The van der Waals surface area contributed by atoms with Crippen molar-refractivity contribution in [2.45, 2.75) is 33.2 Å². The predicted octanol–water partition coefficient (Wildman–Crippen LogP) is 4.84. The maximum atomic E-state index is 13.2. The van der Waals surface area contributed by atoms with Crippen LogP contribution in [0.15, 0.2) is 45.6 Å². The molecule has 1 N–H and O–H groups in total. The van der Waals surface area contributed by atoms with E-state index in [4.69, 9.17) is 13.9 Å². The molecule has 2 heterocycles. The van der Waals surface area contributed by atoms with Crippen molar-refractivity contribution in [3.8, 4) is 23.0 Å². The zero-order valence-electron chi connectivity index (χ0n) is 17.6. The van der Waals surface area contributed by atoms with Gasteiger partial charge in [-0.05, 0) is 68.6 Å². The summed E-state index contributed by atoms with van der Waals surface area (Å²) in [5.74, 6) is 2.52. The van der Waals surface area contributed by atoms with Crippen molar-refractivity contribution in [1.29, 1.82) is 0 Å². The number of aromatic hydroxyl groups is 1. The Labute approximate surface area is 175 Å². The summed E-state index contributed by atoms with van der Waals surface area (Å²) in [6, 6.07) is 10.2. The highest BCUT2D eigenvalue weighted by Crippen LogP contribution is 2.32. The number of phenols is 1. The molecule has 1 fully saturated rings. The van der Waals surface area contributed by atoms with E-state index in [-0.39, 0.29) is 16.9 Å². The van der Waals surface area contributed by atoms with Crippen LogP contribution in [-0.4, -0.2) is 30.2 Å². The highest BCUT2D eigenvalue weighted by molar-refractivity contribution is 5.83. The summed E-state index contributed by atoms with van der Waals surface area (Å²) in [7, 11) is 1.59. The Hall–Kier alpha value is -2.99. The molecular formula is C24H27NO5. The summed E-state index contributed by atoms with van der Waals surface area (Å²) in [6.45, 7) is 6.44. The number of nitrogens with zero attached hydrogens (tertiary/aromatic N) is 1. The summed E-state index contributed by atoms with van der Waals surface area (Å²) in [6.07, 6.45) is 2.35. The minimum atomic E-state index is -0.252. The number of rotatable bonds is 5. The van der Waals surface area contributed by atoms with Gasteiger partial charge in [0.25, 0.3) is 0 Å². The van der Waals surface area contributed by atoms with Gasteiger partial charge in [0.05, 0.1) is 18.1 Å². The van der Waals surface area contributed by atoms with E-state index in [1.807, 2.05) is 0 Å². The number of likely N-dealkylation sites (tertiary alicyclic amines) is 1. The molecule has 0 saturated carbocycles. The standard InChI is InChI=1S/C24H27NO5/c1-15-5-4-12-25(13-15)14-20-21(26)11-10-19-22(27)23(16(2)29-24(19)20)30-18-8-6-17(28-3)7-9-18/h6-11,15,26H,4-5,12-14H2,1-3H3/t15-/m1/s1. The van der Waals surface area contributed by atoms with E-state index in [0.29, 0.717) is 46.3 Å². The van der Waals surface area contributed by atoms with Gasteiger partial charge in [0.2, 0.25) is 11.2 Å². The fourth-order valence-electron chi connectivity index (χ4n) is 4.08. The molecule has 2 aromatic carbocycles. The number of piperidine rings is 1. The lowest BCUT2D eigenvalue weighted by Gasteiger charge is -2.31. The lowest BCUT2D eigenvalue weighted by molar-refractivity contribution is 0.175. The van der Waals surface area contributed by atoms with Crippen LogP contribution in [0.5, 0.6) is 23.0 Å². The van der Waals surface area contributed by atoms with Gasteiger partial charge in [-0.1, -0.05) is 6.92 Å². The van der Waals surface area contributed by atoms with E-state index in [0.717, 1.165) is 19.5 Å². The second-order valence-corrected chi connectivity index (χ2v) is 8.02. The molecule has 1 aliphatic rings. The number of benzene rings is 2. The third-order valence-electron chi connectivity index (χ3n) is 5.66. The Morgan fingerprint density at radius 1 is 1.17 bits per heavy atom. The molecule has 0 bridgehead atoms. The Bertz CT molecular complexity index is 1100. The van der Waals surface area contributed by atoms with Crippen molar-refractivity contribution < 1.29 is 19.0 Å². The molecule has 0 unspecified atom stereocenters. The van der Waals surface area contributed by atoms with Gasteiger partial charge in [0.1, 0.15) is 28.6 Å². The molecular weight excluding hydrogens is 382 g/mol. The molecule has 3 aromatic rings. The number of hydrogen-bond acceptors (Lipinski definition) is 6. The largest absolute Gasteiger partial charge is 0.507 e. The number of hydrogen-bond donors (Lipinski definition) is 1. The number of ether oxygens (including phenoxy) is 2. The van der Waals surface area contributed by atoms with Crippen molar-refractivity contribution in [3.63, 3.8) is 0 Å². The van der Waals surface area contributed by atoms with Gasteiger partial charge in [-0.25, -0.2) is 0 Å². The third-order valence-corrected chi connectivity index (χ3v) is 5.66. The molecule has 0 spiro atoms. The lowest BCUT2D eigenvalue weighted by Crippen LogP contribution is -2.33. The van der Waals surface area contributed by atoms with E-state index in [2.05, 4.69) is 11.8 Å². The second-order valence-electron chi connectivity index (χ2n) is 8.02. The minimum absolute atomic E-state index is 0.145. The first-order valence-corrected chi connectivity index (χ1v) is 10.3. The number of aryl methyl sites for hydroxylation is 1. The van der Waals surface area contributed by atoms with Crippen LogP contribution in [0.3, 0.4) is 0 Å². The molecule has 0 radical (unpaired) electrons. The molecule has 30 heavy (non-hydrogen) atoms. The Kier molecular flexibility index (Phi) is 5.68. The maximum Gasteiger partial charge on any atom is 0.235 e. The van der Waals surface area contributed by atoms with Gasteiger partial charge in [-0.15, -0.1) is 0 Å². The van der Waals surface area contributed by atoms with Crippen LogP contribution in [-0.2, 0) is 6.54 Å². The highest BCUT2D eigenvalue weighted by Gasteiger charge is 2.22. The second kappa shape index (κ2) is 8.40.